The van der Waals surface area contributed by atoms with Crippen LogP contribution in [0.4, 0.5) is 5.69 Å². The molecule has 0 saturated carbocycles. The number of para-hydroxylation sites is 1. The van der Waals surface area contributed by atoms with Gasteiger partial charge in [-0.2, -0.15) is 0 Å². The second-order valence-corrected chi connectivity index (χ2v) is 5.03. The van der Waals surface area contributed by atoms with Gasteiger partial charge in [0, 0.05) is 38.6 Å². The first kappa shape index (κ1) is 15.2. The van der Waals surface area contributed by atoms with E-state index in [2.05, 4.69) is 41.4 Å². The number of nitrogens with one attached hydrogen (secondary N) is 1. The summed E-state index contributed by atoms with van der Waals surface area (Å²) < 4.78 is 1.83. The Labute approximate surface area is 126 Å². The molecule has 1 N–H and O–H groups in total. The van der Waals surface area contributed by atoms with E-state index >= 15 is 0 Å². The predicted octanol–water partition coefficient (Wildman–Crippen LogP) is 2.67. The van der Waals surface area contributed by atoms with Gasteiger partial charge in [-0.05, 0) is 37.6 Å². The fourth-order valence-electron chi connectivity index (χ4n) is 2.37. The molecule has 2 aromatic rings. The Bertz CT molecular complexity index is 562. The van der Waals surface area contributed by atoms with Gasteiger partial charge in [0.25, 0.3) is 5.91 Å². The molecule has 0 aliphatic carbocycles. The van der Waals surface area contributed by atoms with Crippen LogP contribution in [0.5, 0.6) is 0 Å². The van der Waals surface area contributed by atoms with Crippen LogP contribution in [0.15, 0.2) is 48.7 Å². The molecule has 0 aliphatic rings. The van der Waals surface area contributed by atoms with Crippen LogP contribution < -0.4 is 10.2 Å². The molecule has 112 valence electrons. The standard InChI is InChI=1S/C17H23N3O/c1-3-20(15-9-5-4-6-10-15)14-8-12-18-17(21)16-11-7-13-19(16)2/h4-7,9-11,13H,3,8,12,14H2,1-2H3,(H,18,21). The number of anilines is 1. The number of rotatable bonds is 7. The van der Waals surface area contributed by atoms with Gasteiger partial charge in [0.2, 0.25) is 0 Å². The number of hydrogen-bond donors (Lipinski definition) is 1. The Hall–Kier alpha value is -2.23. The normalized spacial score (nSPS) is 10.4. The number of benzene rings is 1. The topological polar surface area (TPSA) is 37.3 Å². The minimum atomic E-state index is -0.00902. The van der Waals surface area contributed by atoms with E-state index in [0.29, 0.717) is 12.2 Å². The summed E-state index contributed by atoms with van der Waals surface area (Å²) in [6.07, 6.45) is 2.81. The second kappa shape index (κ2) is 7.53. The Kier molecular flexibility index (Phi) is 5.43. The molecular weight excluding hydrogens is 262 g/mol. The lowest BCUT2D eigenvalue weighted by atomic mass is 10.2. The summed E-state index contributed by atoms with van der Waals surface area (Å²) >= 11 is 0. The van der Waals surface area contributed by atoms with E-state index in [-0.39, 0.29) is 5.91 Å². The molecule has 0 unspecified atom stereocenters. The van der Waals surface area contributed by atoms with Crippen molar-refractivity contribution in [2.24, 2.45) is 7.05 Å². The van der Waals surface area contributed by atoms with Crippen LogP contribution in [0, 0.1) is 0 Å². The van der Waals surface area contributed by atoms with Crippen LogP contribution in [0.2, 0.25) is 0 Å². The largest absolute Gasteiger partial charge is 0.372 e. The molecule has 0 aliphatic heterocycles. The van der Waals surface area contributed by atoms with Crippen molar-refractivity contribution in [1.29, 1.82) is 0 Å². The van der Waals surface area contributed by atoms with Gasteiger partial charge in [-0.3, -0.25) is 4.79 Å². The van der Waals surface area contributed by atoms with Gasteiger partial charge >= 0.3 is 0 Å². The third kappa shape index (κ3) is 4.12. The highest BCUT2D eigenvalue weighted by molar-refractivity contribution is 5.92. The van der Waals surface area contributed by atoms with E-state index in [4.69, 9.17) is 0 Å². The van der Waals surface area contributed by atoms with Crippen molar-refractivity contribution in [2.45, 2.75) is 13.3 Å². The monoisotopic (exact) mass is 285 g/mol. The highest BCUT2D eigenvalue weighted by atomic mass is 16.1. The molecule has 0 atom stereocenters. The lowest BCUT2D eigenvalue weighted by Crippen LogP contribution is -2.30. The van der Waals surface area contributed by atoms with Crippen LogP contribution in [0.25, 0.3) is 0 Å². The molecule has 21 heavy (non-hydrogen) atoms. The Morgan fingerprint density at radius 3 is 2.57 bits per heavy atom. The summed E-state index contributed by atoms with van der Waals surface area (Å²) in [6, 6.07) is 14.1. The number of aryl methyl sites for hydroxylation is 1. The maximum Gasteiger partial charge on any atom is 0.267 e. The summed E-state index contributed by atoms with van der Waals surface area (Å²) in [5, 5.41) is 2.97. The first-order valence-electron chi connectivity index (χ1n) is 7.42. The van der Waals surface area contributed by atoms with E-state index in [9.17, 15) is 4.79 Å². The van der Waals surface area contributed by atoms with Crippen molar-refractivity contribution < 1.29 is 4.79 Å². The van der Waals surface area contributed by atoms with Crippen molar-refractivity contribution in [3.05, 3.63) is 54.4 Å². The van der Waals surface area contributed by atoms with E-state index < -0.39 is 0 Å². The fourth-order valence-corrected chi connectivity index (χ4v) is 2.37. The Morgan fingerprint density at radius 2 is 1.95 bits per heavy atom. The lowest BCUT2D eigenvalue weighted by molar-refractivity contribution is 0.0945. The van der Waals surface area contributed by atoms with Gasteiger partial charge in [-0.25, -0.2) is 0 Å². The zero-order chi connectivity index (χ0) is 15.1. The highest BCUT2D eigenvalue weighted by Gasteiger charge is 2.08. The zero-order valence-electron chi connectivity index (χ0n) is 12.7. The molecule has 4 heteroatoms. The number of hydrogen-bond acceptors (Lipinski definition) is 2. The van der Waals surface area contributed by atoms with Gasteiger partial charge in [-0.15, -0.1) is 0 Å². The van der Waals surface area contributed by atoms with Gasteiger partial charge in [0.1, 0.15) is 5.69 Å². The van der Waals surface area contributed by atoms with Crippen LogP contribution in [-0.2, 0) is 7.05 Å². The molecule has 0 saturated heterocycles. The Morgan fingerprint density at radius 1 is 1.19 bits per heavy atom. The van der Waals surface area contributed by atoms with Crippen molar-refractivity contribution in [3.63, 3.8) is 0 Å². The number of nitrogens with zero attached hydrogens (tertiary/aromatic N) is 2. The molecule has 4 nitrogen and oxygen atoms in total. The van der Waals surface area contributed by atoms with E-state index in [1.54, 1.807) is 0 Å². The molecule has 1 amide bonds. The lowest BCUT2D eigenvalue weighted by Gasteiger charge is -2.23. The average molecular weight is 285 g/mol. The van der Waals surface area contributed by atoms with Gasteiger partial charge < -0.3 is 14.8 Å². The molecular formula is C17H23N3O. The maximum atomic E-state index is 12.0. The quantitative estimate of drug-likeness (QED) is 0.794. The van der Waals surface area contributed by atoms with Gasteiger partial charge in [0.05, 0.1) is 0 Å². The summed E-state index contributed by atoms with van der Waals surface area (Å²) in [7, 11) is 1.88. The number of aromatic nitrogens is 1. The molecule has 1 aromatic carbocycles. The first-order chi connectivity index (χ1) is 10.2. The van der Waals surface area contributed by atoms with Crippen LogP contribution in [0.1, 0.15) is 23.8 Å². The third-order valence-electron chi connectivity index (χ3n) is 3.57. The van der Waals surface area contributed by atoms with Gasteiger partial charge in [0.15, 0.2) is 0 Å². The average Bonchev–Trinajstić information content (AvgIpc) is 2.94. The van der Waals surface area contributed by atoms with Gasteiger partial charge in [-0.1, -0.05) is 18.2 Å². The third-order valence-corrected chi connectivity index (χ3v) is 3.57. The second-order valence-electron chi connectivity index (χ2n) is 5.03. The summed E-state index contributed by atoms with van der Waals surface area (Å²) in [5.41, 5.74) is 1.93. The smallest absolute Gasteiger partial charge is 0.267 e. The number of amides is 1. The van der Waals surface area contributed by atoms with E-state index in [1.165, 1.54) is 5.69 Å². The number of carbonyl (C=O) groups excluding carboxylic acids is 1. The molecule has 0 bridgehead atoms. The molecule has 1 aromatic heterocycles. The van der Waals surface area contributed by atoms with Crippen molar-refractivity contribution in [2.75, 3.05) is 24.5 Å². The highest BCUT2D eigenvalue weighted by Crippen LogP contribution is 2.12. The van der Waals surface area contributed by atoms with Crippen LogP contribution >= 0.6 is 0 Å². The fraction of sp³-hybridized carbons (Fsp3) is 0.353. The summed E-state index contributed by atoms with van der Waals surface area (Å²) in [4.78, 5) is 14.3. The summed E-state index contributed by atoms with van der Waals surface area (Å²) in [6.45, 7) is 4.74. The minimum absolute atomic E-state index is 0.00902. The van der Waals surface area contributed by atoms with Crippen molar-refractivity contribution >= 4 is 11.6 Å². The van der Waals surface area contributed by atoms with Crippen molar-refractivity contribution in [3.8, 4) is 0 Å². The van der Waals surface area contributed by atoms with E-state index in [0.717, 1.165) is 19.5 Å². The predicted molar refractivity (Wildman–Crippen MR) is 86.7 cm³/mol. The number of carbonyl (C=O) groups is 1. The van der Waals surface area contributed by atoms with E-state index in [1.807, 2.05) is 36.0 Å². The van der Waals surface area contributed by atoms with Crippen molar-refractivity contribution in [1.82, 2.24) is 9.88 Å². The molecule has 0 fully saturated rings. The SMILES string of the molecule is CCN(CCCNC(=O)c1cccn1C)c1ccccc1. The van der Waals surface area contributed by atoms with Crippen LogP contribution in [-0.4, -0.2) is 30.1 Å². The first-order valence-corrected chi connectivity index (χ1v) is 7.42. The summed E-state index contributed by atoms with van der Waals surface area (Å²) in [5.74, 6) is -0.00902. The minimum Gasteiger partial charge on any atom is -0.372 e. The molecule has 0 radical (unpaired) electrons. The van der Waals surface area contributed by atoms with Crippen LogP contribution in [0.3, 0.4) is 0 Å². The Balaban J connectivity index is 1.76. The molecule has 1 heterocycles. The molecule has 0 spiro atoms. The maximum absolute atomic E-state index is 12.0. The molecule has 2 rings (SSSR count). The zero-order valence-corrected chi connectivity index (χ0v) is 12.7.